The highest BCUT2D eigenvalue weighted by atomic mass is 32.2. The number of sulfonamides is 1. The number of aromatic nitrogens is 2. The van der Waals surface area contributed by atoms with Gasteiger partial charge in [0.1, 0.15) is 6.10 Å². The van der Waals surface area contributed by atoms with E-state index in [9.17, 15) is 18.3 Å². The molecular formula is C17H20N4O4S. The van der Waals surface area contributed by atoms with Crippen molar-refractivity contribution in [1.29, 1.82) is 0 Å². The number of amides is 1. The molecule has 0 spiro atoms. The van der Waals surface area contributed by atoms with Crippen LogP contribution in [0.3, 0.4) is 0 Å². The van der Waals surface area contributed by atoms with Crippen molar-refractivity contribution in [2.45, 2.75) is 36.9 Å². The van der Waals surface area contributed by atoms with E-state index in [1.807, 2.05) is 10.7 Å². The summed E-state index contributed by atoms with van der Waals surface area (Å²) in [4.78, 5) is 14.4. The summed E-state index contributed by atoms with van der Waals surface area (Å²) in [6, 6.07) is 7.47. The smallest absolute Gasteiger partial charge is 0.254 e. The molecule has 1 aliphatic carbocycles. The van der Waals surface area contributed by atoms with Gasteiger partial charge in [-0.2, -0.15) is 5.10 Å². The molecule has 2 aromatic rings. The van der Waals surface area contributed by atoms with Crippen LogP contribution in [0.1, 0.15) is 40.7 Å². The Morgan fingerprint density at radius 3 is 2.54 bits per heavy atom. The second-order valence-electron chi connectivity index (χ2n) is 6.86. The highest BCUT2D eigenvalue weighted by Gasteiger charge is 2.33. The van der Waals surface area contributed by atoms with Crippen molar-refractivity contribution in [3.8, 4) is 0 Å². The first kappa shape index (κ1) is 17.2. The van der Waals surface area contributed by atoms with Crippen molar-refractivity contribution in [1.82, 2.24) is 14.7 Å². The van der Waals surface area contributed by atoms with Gasteiger partial charge in [-0.05, 0) is 49.1 Å². The number of aliphatic hydroxyl groups excluding tert-OH is 1. The quantitative estimate of drug-likeness (QED) is 0.811. The molecule has 8 nitrogen and oxygen atoms in total. The first-order chi connectivity index (χ1) is 12.3. The van der Waals surface area contributed by atoms with Gasteiger partial charge in [-0.15, -0.1) is 0 Å². The zero-order valence-electron chi connectivity index (χ0n) is 14.1. The van der Waals surface area contributed by atoms with Gasteiger partial charge in [0.05, 0.1) is 29.4 Å². The number of nitrogens with two attached hydrogens (primary N) is 1. The van der Waals surface area contributed by atoms with Crippen molar-refractivity contribution in [2.24, 2.45) is 11.1 Å². The monoisotopic (exact) mass is 376 g/mol. The van der Waals surface area contributed by atoms with Crippen LogP contribution in [0.15, 0.2) is 35.2 Å². The average Bonchev–Trinajstić information content (AvgIpc) is 3.38. The molecule has 26 heavy (non-hydrogen) atoms. The lowest BCUT2D eigenvalue weighted by atomic mass is 10.1. The van der Waals surface area contributed by atoms with Crippen LogP contribution in [-0.2, 0) is 23.1 Å². The average molecular weight is 376 g/mol. The summed E-state index contributed by atoms with van der Waals surface area (Å²) in [5.74, 6) is 0.129. The minimum Gasteiger partial charge on any atom is -0.386 e. The van der Waals surface area contributed by atoms with Crippen LogP contribution in [-0.4, -0.2) is 40.7 Å². The van der Waals surface area contributed by atoms with Crippen LogP contribution in [0.2, 0.25) is 0 Å². The topological polar surface area (TPSA) is 119 Å². The van der Waals surface area contributed by atoms with E-state index in [2.05, 4.69) is 5.10 Å². The molecule has 1 amide bonds. The number of nitrogens with zero attached hydrogens (tertiary/aromatic N) is 3. The van der Waals surface area contributed by atoms with Gasteiger partial charge in [0, 0.05) is 12.1 Å². The molecule has 1 atom stereocenters. The van der Waals surface area contributed by atoms with E-state index in [-0.39, 0.29) is 10.8 Å². The standard InChI is InChI=1S/C17H20N4O4S/c18-26(24,25)14-5-3-12(4-6-14)17(23)20-7-8-21-13(10-20)9-15(19-21)16(22)11-1-2-11/h3-6,9,11,16,22H,1-2,7-8,10H2,(H2,18,24,25)/t16-/m0/s1. The highest BCUT2D eigenvalue weighted by molar-refractivity contribution is 7.89. The van der Waals surface area contributed by atoms with Crippen LogP contribution in [0.4, 0.5) is 0 Å². The third kappa shape index (κ3) is 3.25. The van der Waals surface area contributed by atoms with E-state index in [1.54, 1.807) is 4.90 Å². The Bertz CT molecular complexity index is 948. The summed E-state index contributed by atoms with van der Waals surface area (Å²) in [5, 5.41) is 19.8. The van der Waals surface area contributed by atoms with Gasteiger partial charge in [0.2, 0.25) is 10.0 Å². The van der Waals surface area contributed by atoms with E-state index in [1.165, 1.54) is 24.3 Å². The molecule has 1 saturated carbocycles. The molecule has 9 heteroatoms. The number of benzene rings is 1. The summed E-state index contributed by atoms with van der Waals surface area (Å²) in [7, 11) is -3.78. The Hall–Kier alpha value is -2.23. The number of hydrogen-bond acceptors (Lipinski definition) is 5. The first-order valence-corrected chi connectivity index (χ1v) is 10.0. The second kappa shape index (κ2) is 6.19. The van der Waals surface area contributed by atoms with E-state index >= 15 is 0 Å². The molecular weight excluding hydrogens is 356 g/mol. The maximum absolute atomic E-state index is 12.7. The Morgan fingerprint density at radius 1 is 1.23 bits per heavy atom. The summed E-state index contributed by atoms with van der Waals surface area (Å²) in [6.07, 6.45) is 1.54. The molecule has 1 aliphatic heterocycles. The number of primary sulfonamides is 1. The van der Waals surface area contributed by atoms with Crippen molar-refractivity contribution < 1.29 is 18.3 Å². The lowest BCUT2D eigenvalue weighted by Crippen LogP contribution is -2.38. The normalized spacial score (nSPS) is 18.5. The highest BCUT2D eigenvalue weighted by Crippen LogP contribution is 2.40. The maximum Gasteiger partial charge on any atom is 0.254 e. The zero-order valence-corrected chi connectivity index (χ0v) is 14.9. The Morgan fingerprint density at radius 2 is 1.92 bits per heavy atom. The number of aliphatic hydroxyl groups is 1. The third-order valence-corrected chi connectivity index (χ3v) is 5.83. The fourth-order valence-corrected chi connectivity index (χ4v) is 3.75. The molecule has 1 aromatic carbocycles. The van der Waals surface area contributed by atoms with Crippen LogP contribution in [0, 0.1) is 5.92 Å². The predicted octanol–water partition coefficient (Wildman–Crippen LogP) is 0.630. The van der Waals surface area contributed by atoms with Crippen LogP contribution >= 0.6 is 0 Å². The molecule has 0 unspecified atom stereocenters. The minimum atomic E-state index is -3.78. The molecule has 2 aliphatic rings. The maximum atomic E-state index is 12.7. The van der Waals surface area contributed by atoms with E-state index in [0.717, 1.165) is 18.5 Å². The Balaban J connectivity index is 1.50. The molecule has 4 rings (SSSR count). The first-order valence-electron chi connectivity index (χ1n) is 8.50. The summed E-state index contributed by atoms with van der Waals surface area (Å²) in [6.45, 7) is 1.47. The van der Waals surface area contributed by atoms with Crippen LogP contribution in [0.25, 0.3) is 0 Å². The van der Waals surface area contributed by atoms with E-state index < -0.39 is 16.1 Å². The van der Waals surface area contributed by atoms with Crippen molar-refractivity contribution in [3.63, 3.8) is 0 Å². The summed E-state index contributed by atoms with van der Waals surface area (Å²) >= 11 is 0. The molecule has 1 aromatic heterocycles. The van der Waals surface area contributed by atoms with E-state index in [0.29, 0.717) is 36.8 Å². The number of rotatable bonds is 4. The summed E-state index contributed by atoms with van der Waals surface area (Å²) < 4.78 is 24.5. The van der Waals surface area contributed by atoms with E-state index in [4.69, 9.17) is 5.14 Å². The fraction of sp³-hybridized carbons (Fsp3) is 0.412. The molecule has 0 saturated heterocycles. The zero-order chi connectivity index (χ0) is 18.5. The Kier molecular flexibility index (Phi) is 4.09. The third-order valence-electron chi connectivity index (χ3n) is 4.91. The van der Waals surface area contributed by atoms with Gasteiger partial charge in [-0.3, -0.25) is 9.48 Å². The molecule has 1 fully saturated rings. The minimum absolute atomic E-state index is 0.0236. The van der Waals surface area contributed by atoms with Gasteiger partial charge in [-0.25, -0.2) is 13.6 Å². The SMILES string of the molecule is NS(=O)(=O)c1ccc(C(=O)N2CCn3nc([C@@H](O)C4CC4)cc3C2)cc1. The van der Waals surface area contributed by atoms with Gasteiger partial charge in [-0.1, -0.05) is 0 Å². The van der Waals surface area contributed by atoms with Crippen molar-refractivity contribution in [3.05, 3.63) is 47.3 Å². The fourth-order valence-electron chi connectivity index (χ4n) is 3.23. The molecule has 0 radical (unpaired) electrons. The number of carbonyl (C=O) groups excluding carboxylic acids is 1. The van der Waals surface area contributed by atoms with Crippen molar-refractivity contribution in [2.75, 3.05) is 6.54 Å². The van der Waals surface area contributed by atoms with Gasteiger partial charge < -0.3 is 10.0 Å². The lowest BCUT2D eigenvalue weighted by Gasteiger charge is -2.27. The van der Waals surface area contributed by atoms with Gasteiger partial charge in [0.15, 0.2) is 0 Å². The second-order valence-corrected chi connectivity index (χ2v) is 8.42. The van der Waals surface area contributed by atoms with Crippen LogP contribution in [0.5, 0.6) is 0 Å². The largest absolute Gasteiger partial charge is 0.386 e. The van der Waals surface area contributed by atoms with Crippen molar-refractivity contribution >= 4 is 15.9 Å². The van der Waals surface area contributed by atoms with Gasteiger partial charge >= 0.3 is 0 Å². The lowest BCUT2D eigenvalue weighted by molar-refractivity contribution is 0.0705. The molecule has 138 valence electrons. The summed E-state index contributed by atoms with van der Waals surface area (Å²) in [5.41, 5.74) is 1.97. The number of fused-ring (bicyclic) bond motifs is 1. The van der Waals surface area contributed by atoms with Gasteiger partial charge in [0.25, 0.3) is 5.91 Å². The number of hydrogen-bond donors (Lipinski definition) is 2. The predicted molar refractivity (Wildman–Crippen MR) is 92.5 cm³/mol. The molecule has 0 bridgehead atoms. The number of carbonyl (C=O) groups is 1. The molecule has 2 heterocycles. The molecule has 3 N–H and O–H groups in total. The van der Waals surface area contributed by atoms with Crippen LogP contribution < -0.4 is 5.14 Å². The Labute approximate surface area is 151 Å².